The lowest BCUT2D eigenvalue weighted by molar-refractivity contribution is -0.117. The Morgan fingerprint density at radius 1 is 1.24 bits per heavy atom. The van der Waals surface area contributed by atoms with Gasteiger partial charge in [0.05, 0.1) is 6.20 Å². The van der Waals surface area contributed by atoms with Gasteiger partial charge < -0.3 is 0 Å². The van der Waals surface area contributed by atoms with Crippen molar-refractivity contribution in [2.45, 2.75) is 0 Å². The first kappa shape index (κ1) is 15.0. The summed E-state index contributed by atoms with van der Waals surface area (Å²) in [7, 11) is 1.79. The van der Waals surface area contributed by atoms with E-state index in [0.29, 0.717) is 5.56 Å². The van der Waals surface area contributed by atoms with E-state index in [9.17, 15) is 9.59 Å². The van der Waals surface area contributed by atoms with E-state index in [1.54, 1.807) is 54.5 Å². The van der Waals surface area contributed by atoms with Crippen molar-refractivity contribution in [3.8, 4) is 0 Å². The molecule has 1 aromatic heterocycles. The zero-order chi connectivity index (χ0) is 15.2. The normalized spacial score (nSPS) is 10.6. The second kappa shape index (κ2) is 6.85. The summed E-state index contributed by atoms with van der Waals surface area (Å²) in [5.41, 5.74) is 5.89. The minimum absolute atomic E-state index is 0.384. The Morgan fingerprint density at radius 3 is 2.57 bits per heavy atom. The van der Waals surface area contributed by atoms with Gasteiger partial charge in [-0.15, -0.1) is 0 Å². The number of aromatic nitrogens is 2. The summed E-state index contributed by atoms with van der Waals surface area (Å²) in [5, 5.41) is 3.98. The molecule has 2 rings (SSSR count). The number of nitrogens with one attached hydrogen (secondary N) is 2. The molecule has 7 heteroatoms. The number of carbonyl (C=O) groups is 2. The van der Waals surface area contributed by atoms with Crippen molar-refractivity contribution in [1.82, 2.24) is 20.6 Å². The lowest BCUT2D eigenvalue weighted by atomic mass is 10.2. The minimum atomic E-state index is -0.427. The SMILES string of the molecule is Cn1cc(/C=C/C(=O)NNC(=O)c2ccc(Br)cc2)cn1. The molecule has 6 nitrogen and oxygen atoms in total. The molecule has 0 atom stereocenters. The van der Waals surface area contributed by atoms with E-state index in [2.05, 4.69) is 31.9 Å². The number of hydrogen-bond donors (Lipinski definition) is 2. The van der Waals surface area contributed by atoms with Crippen LogP contribution in [0.1, 0.15) is 15.9 Å². The zero-order valence-corrected chi connectivity index (χ0v) is 12.8. The Kier molecular flexibility index (Phi) is 4.89. The standard InChI is InChI=1S/C14H13BrN4O2/c1-19-9-10(8-16-19)2-7-13(20)17-18-14(21)11-3-5-12(15)6-4-11/h2-9H,1H3,(H,17,20)(H,18,21)/b7-2+. The number of aryl methyl sites for hydroxylation is 1. The molecule has 21 heavy (non-hydrogen) atoms. The Morgan fingerprint density at radius 2 is 1.95 bits per heavy atom. The van der Waals surface area contributed by atoms with Crippen LogP contribution in [0.25, 0.3) is 6.08 Å². The van der Waals surface area contributed by atoms with Crippen molar-refractivity contribution in [3.05, 3.63) is 58.3 Å². The molecule has 0 radical (unpaired) electrons. The van der Waals surface area contributed by atoms with E-state index < -0.39 is 5.91 Å². The van der Waals surface area contributed by atoms with Crippen LogP contribution in [0.3, 0.4) is 0 Å². The van der Waals surface area contributed by atoms with Crippen LogP contribution in [0.15, 0.2) is 47.2 Å². The third kappa shape index (κ3) is 4.57. The van der Waals surface area contributed by atoms with Gasteiger partial charge >= 0.3 is 0 Å². The molecule has 0 spiro atoms. The van der Waals surface area contributed by atoms with Crippen molar-refractivity contribution in [3.63, 3.8) is 0 Å². The molecule has 0 unspecified atom stereocenters. The fourth-order valence-electron chi connectivity index (χ4n) is 1.53. The van der Waals surface area contributed by atoms with Crippen molar-refractivity contribution in [2.24, 2.45) is 7.05 Å². The monoisotopic (exact) mass is 348 g/mol. The van der Waals surface area contributed by atoms with Crippen molar-refractivity contribution in [2.75, 3.05) is 0 Å². The second-order valence-electron chi connectivity index (χ2n) is 4.23. The first-order valence-corrected chi connectivity index (χ1v) is 6.86. The summed E-state index contributed by atoms with van der Waals surface area (Å²) in [4.78, 5) is 23.3. The third-order valence-corrected chi connectivity index (χ3v) is 3.09. The van der Waals surface area contributed by atoms with Crippen molar-refractivity contribution < 1.29 is 9.59 Å². The summed E-state index contributed by atoms with van der Waals surface area (Å²) < 4.78 is 2.51. The molecule has 108 valence electrons. The minimum Gasteiger partial charge on any atom is -0.275 e. The lowest BCUT2D eigenvalue weighted by Gasteiger charge is -2.05. The smallest absolute Gasteiger partial charge is 0.269 e. The molecule has 1 heterocycles. The van der Waals surface area contributed by atoms with Crippen LogP contribution in [0, 0.1) is 0 Å². The second-order valence-corrected chi connectivity index (χ2v) is 5.15. The maximum atomic E-state index is 11.8. The molecule has 0 aliphatic heterocycles. The van der Waals surface area contributed by atoms with Crippen LogP contribution in [0.2, 0.25) is 0 Å². The summed E-state index contributed by atoms with van der Waals surface area (Å²) in [6.45, 7) is 0. The Bertz CT molecular complexity index is 677. The van der Waals surface area contributed by atoms with Crippen LogP contribution >= 0.6 is 15.9 Å². The van der Waals surface area contributed by atoms with Gasteiger partial charge in [0, 0.05) is 34.9 Å². The number of hydrazine groups is 1. The maximum absolute atomic E-state index is 11.8. The highest BCUT2D eigenvalue weighted by atomic mass is 79.9. The highest BCUT2D eigenvalue weighted by Crippen LogP contribution is 2.10. The van der Waals surface area contributed by atoms with Gasteiger partial charge in [-0.05, 0) is 30.3 Å². The zero-order valence-electron chi connectivity index (χ0n) is 11.2. The van der Waals surface area contributed by atoms with E-state index in [4.69, 9.17) is 0 Å². The van der Waals surface area contributed by atoms with E-state index in [0.717, 1.165) is 10.0 Å². The predicted octanol–water partition coefficient (Wildman–Crippen LogP) is 1.66. The van der Waals surface area contributed by atoms with Gasteiger partial charge in [-0.2, -0.15) is 5.10 Å². The van der Waals surface area contributed by atoms with Crippen LogP contribution in [-0.2, 0) is 11.8 Å². The van der Waals surface area contributed by atoms with Crippen LogP contribution < -0.4 is 10.9 Å². The quantitative estimate of drug-likeness (QED) is 0.654. The Labute approximate surface area is 129 Å². The van der Waals surface area contributed by atoms with Gasteiger partial charge in [-0.3, -0.25) is 25.1 Å². The molecule has 0 saturated heterocycles. The number of carbonyl (C=O) groups excluding carboxylic acids is 2. The van der Waals surface area contributed by atoms with Gasteiger partial charge in [0.15, 0.2) is 0 Å². The molecule has 2 aromatic rings. The van der Waals surface area contributed by atoms with E-state index in [-0.39, 0.29) is 5.91 Å². The van der Waals surface area contributed by atoms with Crippen LogP contribution in [-0.4, -0.2) is 21.6 Å². The largest absolute Gasteiger partial charge is 0.275 e. The first-order valence-electron chi connectivity index (χ1n) is 6.07. The highest BCUT2D eigenvalue weighted by molar-refractivity contribution is 9.10. The van der Waals surface area contributed by atoms with Crippen LogP contribution in [0.5, 0.6) is 0 Å². The fraction of sp³-hybridized carbons (Fsp3) is 0.0714. The molecule has 1 aromatic carbocycles. The topological polar surface area (TPSA) is 76.0 Å². The summed E-state index contributed by atoms with van der Waals surface area (Å²) in [6.07, 6.45) is 6.32. The Hall–Kier alpha value is -2.41. The number of nitrogens with zero attached hydrogens (tertiary/aromatic N) is 2. The summed E-state index contributed by atoms with van der Waals surface area (Å²) in [6, 6.07) is 6.80. The van der Waals surface area contributed by atoms with E-state index in [1.165, 1.54) is 6.08 Å². The molecular weight excluding hydrogens is 336 g/mol. The average molecular weight is 349 g/mol. The van der Waals surface area contributed by atoms with Gasteiger partial charge in [-0.25, -0.2) is 0 Å². The fourth-order valence-corrected chi connectivity index (χ4v) is 1.80. The van der Waals surface area contributed by atoms with Gasteiger partial charge in [-0.1, -0.05) is 15.9 Å². The lowest BCUT2D eigenvalue weighted by Crippen LogP contribution is -2.40. The van der Waals surface area contributed by atoms with Gasteiger partial charge in [0.1, 0.15) is 0 Å². The molecular formula is C14H13BrN4O2. The molecule has 2 amide bonds. The molecule has 0 bridgehead atoms. The molecule has 2 N–H and O–H groups in total. The number of hydrogen-bond acceptors (Lipinski definition) is 3. The molecule has 0 aliphatic rings. The number of halogens is 1. The van der Waals surface area contributed by atoms with Crippen molar-refractivity contribution in [1.29, 1.82) is 0 Å². The maximum Gasteiger partial charge on any atom is 0.269 e. The number of rotatable bonds is 3. The van der Waals surface area contributed by atoms with E-state index in [1.807, 2.05) is 0 Å². The molecule has 0 fully saturated rings. The molecule has 0 aliphatic carbocycles. The predicted molar refractivity (Wildman–Crippen MR) is 82.0 cm³/mol. The highest BCUT2D eigenvalue weighted by Gasteiger charge is 2.05. The third-order valence-electron chi connectivity index (χ3n) is 2.56. The van der Waals surface area contributed by atoms with Gasteiger partial charge in [0.2, 0.25) is 0 Å². The number of benzene rings is 1. The van der Waals surface area contributed by atoms with Crippen molar-refractivity contribution >= 4 is 33.8 Å². The first-order chi connectivity index (χ1) is 10.0. The Balaban J connectivity index is 1.85. The summed E-state index contributed by atoms with van der Waals surface area (Å²) in [5.74, 6) is -0.810. The average Bonchev–Trinajstić information content (AvgIpc) is 2.89. The van der Waals surface area contributed by atoms with Gasteiger partial charge in [0.25, 0.3) is 11.8 Å². The van der Waals surface area contributed by atoms with Crippen LogP contribution in [0.4, 0.5) is 0 Å². The summed E-state index contributed by atoms with van der Waals surface area (Å²) >= 11 is 3.28. The number of amides is 2. The van der Waals surface area contributed by atoms with E-state index >= 15 is 0 Å². The molecule has 0 saturated carbocycles.